The van der Waals surface area contributed by atoms with Crippen molar-refractivity contribution in [2.75, 3.05) is 68.8 Å². The van der Waals surface area contributed by atoms with E-state index in [-0.39, 0.29) is 87.2 Å². The highest BCUT2D eigenvalue weighted by atomic mass is 127. The molecule has 0 aliphatic heterocycles. The third-order valence-electron chi connectivity index (χ3n) is 11.1. The number of aliphatic imine (C=N–C) groups is 3. The first-order valence-electron chi connectivity index (χ1n) is 26.6. The quantitative estimate of drug-likeness (QED) is 0.00678. The maximum atomic E-state index is 12.3. The van der Waals surface area contributed by atoms with Gasteiger partial charge in [0.2, 0.25) is 18.2 Å². The second-order valence-electron chi connectivity index (χ2n) is 18.1. The Kier molecular flexibility index (Phi) is 36.2. The van der Waals surface area contributed by atoms with Gasteiger partial charge in [-0.1, -0.05) is 102 Å². The van der Waals surface area contributed by atoms with Gasteiger partial charge in [-0.3, -0.25) is 16.0 Å². The fourth-order valence-electron chi connectivity index (χ4n) is 7.53. The number of benzene rings is 6. The van der Waals surface area contributed by atoms with E-state index in [0.717, 1.165) is 33.4 Å². The van der Waals surface area contributed by atoms with Crippen LogP contribution in [0.25, 0.3) is 0 Å². The minimum Gasteiger partial charge on any atom is -0.447 e. The minimum absolute atomic E-state index is 0. The average Bonchev–Trinajstić information content (AvgIpc) is 3.56. The predicted molar refractivity (Wildman–Crippen MR) is 345 cm³/mol. The molecule has 0 bridgehead atoms. The van der Waals surface area contributed by atoms with Gasteiger partial charge in [-0.15, -0.1) is 24.0 Å². The summed E-state index contributed by atoms with van der Waals surface area (Å²) in [7, 11) is 0. The van der Waals surface area contributed by atoms with Gasteiger partial charge in [-0.25, -0.2) is 28.8 Å². The Bertz CT molecular complexity index is 2700. The number of rotatable bonds is 25. The lowest BCUT2D eigenvalue weighted by atomic mass is 9.85. The molecule has 0 saturated carbocycles. The van der Waals surface area contributed by atoms with Crippen LogP contribution in [0.4, 0.5) is 48.5 Å². The Labute approximate surface area is 523 Å². The van der Waals surface area contributed by atoms with E-state index in [9.17, 15) is 28.8 Å². The summed E-state index contributed by atoms with van der Waals surface area (Å²) in [5.74, 6) is -0.352. The summed E-state index contributed by atoms with van der Waals surface area (Å²) in [6.45, 7) is 12.9. The molecule has 0 aliphatic rings. The molecule has 0 aliphatic carbocycles. The average molecular weight is 1400 g/mol. The van der Waals surface area contributed by atoms with E-state index in [1.165, 1.54) is 18.2 Å². The van der Waals surface area contributed by atoms with E-state index >= 15 is 0 Å². The number of carbonyl (C=O) groups excluding carboxylic acids is 6. The standard InChI is InChI=1S/C37H49N3O9.C22H13N3O3.C2H6O2.H2IP.HI/c1-25(2)44-19-22-47-35(41)38-31-13-7-28(8-14-31)34(29-9-15-32(16-10-29)39-36(42)48-23-20-45-26(3)4)30-11-17-33(18-12-30)40-37(43)49-24-21-46-27(5)6;26-13-23-19-7-1-16(2-8-19)22(17-3-9-20(10-4-17)24-14-27)18-5-11-21(12-6-18)25-15-28;3-1-2-4;1-2;/h7-18,25-27,34H,19-24H2,1-6H3,(H,38,41)(H,39,42)(H,40,43);1-12,22H;3-4H,1-2H2;2H2;1H/i;;;2T;. The van der Waals surface area contributed by atoms with Crippen molar-refractivity contribution in [1.82, 2.24) is 0 Å². The lowest BCUT2D eigenvalue weighted by molar-refractivity contribution is 0.0427. The van der Waals surface area contributed by atoms with Crippen molar-refractivity contribution in [1.29, 1.82) is 1.28 Å². The van der Waals surface area contributed by atoms with E-state index in [1.54, 1.807) is 72.8 Å². The molecule has 5 N–H and O–H groups in total. The lowest BCUT2D eigenvalue weighted by Gasteiger charge is -2.20. The minimum atomic E-state index is -0.570. The fourth-order valence-corrected chi connectivity index (χ4v) is 7.53. The zero-order valence-electron chi connectivity index (χ0n) is 48.3. The van der Waals surface area contributed by atoms with Crippen LogP contribution in [0.2, 0.25) is 0 Å². The van der Waals surface area contributed by atoms with Crippen molar-refractivity contribution in [3.8, 4) is 0 Å². The zero-order valence-corrected chi connectivity index (χ0v) is 52.8. The summed E-state index contributed by atoms with van der Waals surface area (Å²) in [5, 5.41) is 23.5. The molecule has 0 heterocycles. The lowest BCUT2D eigenvalue weighted by Crippen LogP contribution is -2.18. The van der Waals surface area contributed by atoms with Crippen molar-refractivity contribution in [3.63, 3.8) is 0 Å². The molecule has 0 radical (unpaired) electrons. The molecule has 0 aromatic heterocycles. The number of aliphatic hydroxyl groups excluding tert-OH is 2. The van der Waals surface area contributed by atoms with Gasteiger partial charge in [0.1, 0.15) is 19.8 Å². The molecule has 0 saturated heterocycles. The molecule has 20 nitrogen and oxygen atoms in total. The molecule has 23 heteroatoms. The van der Waals surface area contributed by atoms with Crippen LogP contribution in [-0.2, 0) is 42.8 Å². The van der Waals surface area contributed by atoms with E-state index in [0.29, 0.717) is 60.8 Å². The number of halogens is 2. The number of carbonyl (C=O) groups is 3. The molecule has 3 amide bonds. The molecule has 6 aromatic carbocycles. The van der Waals surface area contributed by atoms with Gasteiger partial charge in [-0.05, 0) is 148 Å². The van der Waals surface area contributed by atoms with Gasteiger partial charge in [0.25, 0.3) is 0 Å². The maximum absolute atomic E-state index is 12.3. The second-order valence-corrected chi connectivity index (χ2v) is 18.1. The number of aliphatic hydroxyl groups is 2. The first-order chi connectivity index (χ1) is 40.6. The predicted octanol–water partition coefficient (Wildman–Crippen LogP) is 13.4. The number of amides is 3. The topological polar surface area (TPSA) is 271 Å². The number of nitrogens with zero attached hydrogens (tertiary/aromatic N) is 3. The van der Waals surface area contributed by atoms with Crippen LogP contribution in [0.5, 0.6) is 0 Å². The van der Waals surface area contributed by atoms with Crippen molar-refractivity contribution in [3.05, 3.63) is 179 Å². The normalized spacial score (nSPS) is 10.8. The zero-order chi connectivity index (χ0) is 61.5. The van der Waals surface area contributed by atoms with Crippen molar-refractivity contribution in [2.24, 2.45) is 15.0 Å². The van der Waals surface area contributed by atoms with Gasteiger partial charge in [0.05, 0.1) is 69.7 Å². The summed E-state index contributed by atoms with van der Waals surface area (Å²) in [4.78, 5) is 78.9. The van der Waals surface area contributed by atoms with E-state index in [1.807, 2.05) is 136 Å². The highest BCUT2D eigenvalue weighted by Crippen LogP contribution is 2.36. The van der Waals surface area contributed by atoms with Crippen molar-refractivity contribution >= 4 is 123 Å². The van der Waals surface area contributed by atoms with Gasteiger partial charge in [0.15, 0.2) is 0 Å². The number of hydrogen-bond acceptors (Lipinski definition) is 17. The Hall–Kier alpha value is -7.04. The van der Waals surface area contributed by atoms with Crippen LogP contribution in [-0.4, -0.2) is 119 Å². The number of nitrogens with one attached hydrogen (secondary N) is 3. The Morgan fingerprint density at radius 2 is 0.643 bits per heavy atom. The molecule has 1 unspecified atom stereocenters. The van der Waals surface area contributed by atoms with Gasteiger partial charge in [0, 0.05) is 28.9 Å². The third kappa shape index (κ3) is 28.5. The van der Waals surface area contributed by atoms with E-state index in [4.69, 9.17) is 39.9 Å². The molecule has 6 rings (SSSR count). The molecule has 0 fully saturated rings. The molecule has 6 aromatic rings. The number of ether oxygens (including phenoxy) is 6. The second kappa shape index (κ2) is 42.7. The van der Waals surface area contributed by atoms with Crippen LogP contribution < -0.4 is 16.0 Å². The highest BCUT2D eigenvalue weighted by Gasteiger charge is 2.20. The summed E-state index contributed by atoms with van der Waals surface area (Å²) in [6, 6.07) is 44.1. The fraction of sp³-hybridized carbons (Fsp3) is 0.311. The van der Waals surface area contributed by atoms with Crippen LogP contribution in [0.3, 0.4) is 0 Å². The number of isocyanates is 3. The number of hydrogen-bond donors (Lipinski definition) is 5. The monoisotopic (exact) mass is 1400 g/mol. The summed E-state index contributed by atoms with van der Waals surface area (Å²) in [6.07, 6.45) is 3.03. The van der Waals surface area contributed by atoms with Crippen molar-refractivity contribution < 1.29 is 67.4 Å². The molecule has 1 atom stereocenters. The largest absolute Gasteiger partial charge is 0.447 e. The Morgan fingerprint density at radius 3 is 0.821 bits per heavy atom. The molecular formula is C61H71I2N6O14P. The van der Waals surface area contributed by atoms with Crippen LogP contribution in [0.1, 0.15) is 86.8 Å². The summed E-state index contributed by atoms with van der Waals surface area (Å²) < 4.78 is 38.0. The molecular weight excluding hydrogens is 1330 g/mol. The van der Waals surface area contributed by atoms with Gasteiger partial charge in [-0.2, -0.15) is 15.0 Å². The van der Waals surface area contributed by atoms with E-state index < -0.39 is 18.3 Å². The SMILES string of the molecule is CC(C)OCCOC(=O)Nc1ccc(C(c2ccc(NC(=O)OCCOC(C)C)cc2)c2ccc(NC(=O)OCCOC(C)C)cc2)cc1.I.O=C=Nc1ccc(C(c2ccc(N=C=O)cc2)c2ccc(N=C=O)cc2)cc1.OCCO.[3H]PI. The van der Waals surface area contributed by atoms with Crippen LogP contribution >= 0.6 is 52.8 Å². The first kappa shape index (κ1) is 71.2. The van der Waals surface area contributed by atoms with E-state index in [2.05, 4.69) is 30.9 Å². The molecule has 84 heavy (non-hydrogen) atoms. The summed E-state index contributed by atoms with van der Waals surface area (Å²) >= 11 is 1.98. The Morgan fingerprint density at radius 1 is 0.440 bits per heavy atom. The van der Waals surface area contributed by atoms with Crippen molar-refractivity contribution in [2.45, 2.75) is 71.7 Å². The van der Waals surface area contributed by atoms with Crippen LogP contribution in [0, 0.1) is 0 Å². The summed E-state index contributed by atoms with van der Waals surface area (Å²) in [5.41, 5.74) is 9.04. The first-order valence-corrected chi connectivity index (χ1v) is 29.7. The highest BCUT2D eigenvalue weighted by molar-refractivity contribution is 14.2. The van der Waals surface area contributed by atoms with Gasteiger partial charge < -0.3 is 38.6 Å². The smallest absolute Gasteiger partial charge is 0.411 e. The Balaban J connectivity index is 0.000000575. The molecule has 0 spiro atoms. The third-order valence-corrected chi connectivity index (χ3v) is 11.1. The van der Waals surface area contributed by atoms with Gasteiger partial charge >= 0.3 is 18.3 Å². The molecule has 448 valence electrons. The maximum Gasteiger partial charge on any atom is 0.411 e. The number of anilines is 3. The van der Waals surface area contributed by atoms with Crippen LogP contribution in [0.15, 0.2) is 161 Å².